The lowest BCUT2D eigenvalue weighted by Gasteiger charge is -2.29. The van der Waals surface area contributed by atoms with Crippen molar-refractivity contribution in [2.24, 2.45) is 5.73 Å². The molecule has 118 valence electrons. The van der Waals surface area contributed by atoms with E-state index in [1.165, 1.54) is 7.11 Å². The summed E-state index contributed by atoms with van der Waals surface area (Å²) in [7, 11) is 5.06. The first-order valence-electron chi connectivity index (χ1n) is 6.53. The van der Waals surface area contributed by atoms with Crippen molar-refractivity contribution in [1.82, 2.24) is 10.2 Å². The van der Waals surface area contributed by atoms with Gasteiger partial charge in [0.05, 0.1) is 7.11 Å². The number of amides is 1. The van der Waals surface area contributed by atoms with E-state index < -0.39 is 23.3 Å². The van der Waals surface area contributed by atoms with Crippen LogP contribution in [0.3, 0.4) is 0 Å². The van der Waals surface area contributed by atoms with Crippen molar-refractivity contribution in [2.45, 2.75) is 44.9 Å². The largest absolute Gasteiger partial charge is 0.466 e. The molecule has 1 unspecified atom stereocenters. The zero-order valence-corrected chi connectivity index (χ0v) is 13.3. The summed E-state index contributed by atoms with van der Waals surface area (Å²) in [5.74, 6) is -0.692. The van der Waals surface area contributed by atoms with Gasteiger partial charge in [0.25, 0.3) is 0 Å². The van der Waals surface area contributed by atoms with Crippen LogP contribution in [0.4, 0.5) is 4.79 Å². The molecule has 0 aromatic rings. The van der Waals surface area contributed by atoms with E-state index in [2.05, 4.69) is 10.1 Å². The van der Waals surface area contributed by atoms with Crippen molar-refractivity contribution in [3.63, 3.8) is 0 Å². The molecule has 0 aliphatic rings. The molecule has 1 amide bonds. The van der Waals surface area contributed by atoms with E-state index in [-0.39, 0.29) is 6.42 Å². The van der Waals surface area contributed by atoms with Crippen LogP contribution in [0.5, 0.6) is 0 Å². The molecule has 20 heavy (non-hydrogen) atoms. The van der Waals surface area contributed by atoms with Gasteiger partial charge in [-0.3, -0.25) is 11.1 Å². The minimum Gasteiger partial charge on any atom is -0.466 e. The fourth-order valence-corrected chi connectivity index (χ4v) is 1.56. The highest BCUT2D eigenvalue weighted by Crippen LogP contribution is 2.12. The summed E-state index contributed by atoms with van der Waals surface area (Å²) in [6.45, 7) is 5.94. The normalized spacial score (nSPS) is 14.6. The molecule has 0 saturated heterocycles. The predicted octanol–water partition coefficient (Wildman–Crippen LogP) is 0.681. The molecule has 0 aromatic carbocycles. The summed E-state index contributed by atoms with van der Waals surface area (Å²) in [6.07, 6.45) is 0.154. The van der Waals surface area contributed by atoms with Crippen LogP contribution in [-0.2, 0) is 14.3 Å². The second-order valence-electron chi connectivity index (χ2n) is 6.00. The molecule has 0 radical (unpaired) electrons. The first kappa shape index (κ1) is 18.7. The number of rotatable bonds is 6. The van der Waals surface area contributed by atoms with Crippen LogP contribution >= 0.6 is 0 Å². The van der Waals surface area contributed by atoms with Crippen LogP contribution in [0.25, 0.3) is 0 Å². The second kappa shape index (κ2) is 7.44. The van der Waals surface area contributed by atoms with Gasteiger partial charge in [-0.05, 0) is 54.3 Å². The number of carbonyl (C=O) groups is 2. The topological polar surface area (TPSA) is 93.9 Å². The van der Waals surface area contributed by atoms with E-state index in [1.54, 1.807) is 20.8 Å². The van der Waals surface area contributed by atoms with E-state index in [4.69, 9.17) is 10.5 Å². The average molecular weight is 289 g/mol. The summed E-state index contributed by atoms with van der Waals surface area (Å²) >= 11 is 0. The fraction of sp³-hybridized carbons (Fsp3) is 0.846. The number of esters is 1. The van der Waals surface area contributed by atoms with Gasteiger partial charge in [0.15, 0.2) is 5.66 Å². The predicted molar refractivity (Wildman–Crippen MR) is 76.1 cm³/mol. The molecule has 0 aliphatic heterocycles. The van der Waals surface area contributed by atoms with Crippen molar-refractivity contribution in [1.29, 1.82) is 0 Å². The molecule has 0 aromatic heterocycles. The summed E-state index contributed by atoms with van der Waals surface area (Å²) in [5, 5.41) is 2.40. The third kappa shape index (κ3) is 7.30. The number of nitrogens with two attached hydrogens (primary N) is 1. The van der Waals surface area contributed by atoms with Crippen molar-refractivity contribution in [3.05, 3.63) is 0 Å². The van der Waals surface area contributed by atoms with Gasteiger partial charge in [-0.2, -0.15) is 0 Å². The molecule has 0 rings (SSSR count). The highest BCUT2D eigenvalue weighted by molar-refractivity contribution is 5.85. The highest BCUT2D eigenvalue weighted by Gasteiger charge is 2.37. The van der Waals surface area contributed by atoms with Crippen molar-refractivity contribution in [2.75, 3.05) is 27.7 Å². The second-order valence-corrected chi connectivity index (χ2v) is 6.00. The van der Waals surface area contributed by atoms with Crippen LogP contribution < -0.4 is 11.1 Å². The van der Waals surface area contributed by atoms with E-state index in [9.17, 15) is 9.59 Å². The zero-order valence-electron chi connectivity index (χ0n) is 13.3. The number of carbonyl (C=O) groups excluding carboxylic acids is 2. The highest BCUT2D eigenvalue weighted by atomic mass is 16.6. The number of hydrogen-bond donors (Lipinski definition) is 2. The smallest absolute Gasteiger partial charge is 0.409 e. The van der Waals surface area contributed by atoms with Crippen molar-refractivity contribution in [3.8, 4) is 0 Å². The third-order valence-electron chi connectivity index (χ3n) is 2.45. The summed E-state index contributed by atoms with van der Waals surface area (Å²) in [6, 6.07) is 0. The number of nitrogens with one attached hydrogen (secondary N) is 1. The van der Waals surface area contributed by atoms with Gasteiger partial charge in [-0.25, -0.2) is 9.59 Å². The molecular formula is C13H27N3O4. The minimum atomic E-state index is -1.58. The Morgan fingerprint density at radius 1 is 1.25 bits per heavy atom. The molecule has 7 heteroatoms. The number of ether oxygens (including phenoxy) is 2. The SMILES string of the molecule is COC(=O)C(N)(CCCN(C)C)NC(=O)OC(C)(C)C. The van der Waals surface area contributed by atoms with E-state index in [1.807, 2.05) is 19.0 Å². The Balaban J connectivity index is 4.70. The van der Waals surface area contributed by atoms with Crippen LogP contribution in [0.15, 0.2) is 0 Å². The lowest BCUT2D eigenvalue weighted by Crippen LogP contribution is -2.62. The third-order valence-corrected chi connectivity index (χ3v) is 2.45. The lowest BCUT2D eigenvalue weighted by molar-refractivity contribution is -0.148. The fourth-order valence-electron chi connectivity index (χ4n) is 1.56. The molecule has 1 atom stereocenters. The first-order chi connectivity index (χ1) is 9.00. The van der Waals surface area contributed by atoms with Gasteiger partial charge < -0.3 is 14.4 Å². The van der Waals surface area contributed by atoms with E-state index >= 15 is 0 Å². The minimum absolute atomic E-state index is 0.261. The number of hydrogen-bond acceptors (Lipinski definition) is 6. The first-order valence-corrected chi connectivity index (χ1v) is 6.53. The van der Waals surface area contributed by atoms with Crippen LogP contribution in [0.2, 0.25) is 0 Å². The average Bonchev–Trinajstić information content (AvgIpc) is 2.24. The quantitative estimate of drug-likeness (QED) is 0.551. The number of nitrogens with zero attached hydrogens (tertiary/aromatic N) is 1. The molecule has 0 bridgehead atoms. The van der Waals surface area contributed by atoms with Crippen LogP contribution in [-0.4, -0.2) is 56.0 Å². The molecule has 0 saturated carbocycles. The maximum atomic E-state index is 11.8. The molecule has 3 N–H and O–H groups in total. The Morgan fingerprint density at radius 3 is 2.20 bits per heavy atom. The Kier molecular flexibility index (Phi) is 6.95. The van der Waals surface area contributed by atoms with Crippen molar-refractivity contribution < 1.29 is 19.1 Å². The molecular weight excluding hydrogens is 262 g/mol. The Labute approximate surface area is 120 Å². The maximum Gasteiger partial charge on any atom is 0.409 e. The van der Waals surface area contributed by atoms with Crippen LogP contribution in [0.1, 0.15) is 33.6 Å². The maximum absolute atomic E-state index is 11.8. The summed E-state index contributed by atoms with van der Waals surface area (Å²) in [4.78, 5) is 25.5. The monoisotopic (exact) mass is 289 g/mol. The number of methoxy groups -OCH3 is 1. The van der Waals surface area contributed by atoms with Gasteiger partial charge in [-0.15, -0.1) is 0 Å². The Bertz CT molecular complexity index is 339. The molecule has 0 heterocycles. The van der Waals surface area contributed by atoms with Gasteiger partial charge >= 0.3 is 12.1 Å². The van der Waals surface area contributed by atoms with E-state index in [0.29, 0.717) is 6.42 Å². The van der Waals surface area contributed by atoms with Gasteiger partial charge in [0.1, 0.15) is 5.60 Å². The summed E-state index contributed by atoms with van der Waals surface area (Å²) < 4.78 is 9.76. The lowest BCUT2D eigenvalue weighted by atomic mass is 10.0. The zero-order chi connectivity index (χ0) is 16.0. The molecule has 0 spiro atoms. The van der Waals surface area contributed by atoms with Gasteiger partial charge in [0, 0.05) is 0 Å². The standard InChI is InChI=1S/C13H27N3O4/c1-12(2,3)20-11(18)15-13(14,10(17)19-6)8-7-9-16(4)5/h7-9,14H2,1-6H3,(H,15,18). The van der Waals surface area contributed by atoms with E-state index in [0.717, 1.165) is 6.54 Å². The molecule has 0 fully saturated rings. The van der Waals surface area contributed by atoms with Crippen LogP contribution in [0, 0.1) is 0 Å². The van der Waals surface area contributed by atoms with Gasteiger partial charge in [0.2, 0.25) is 0 Å². The van der Waals surface area contributed by atoms with Crippen molar-refractivity contribution >= 4 is 12.1 Å². The van der Waals surface area contributed by atoms with Gasteiger partial charge in [-0.1, -0.05) is 0 Å². The number of alkyl carbamates (subject to hydrolysis) is 1. The molecule has 7 nitrogen and oxygen atoms in total. The Morgan fingerprint density at radius 2 is 1.80 bits per heavy atom. The summed E-state index contributed by atoms with van der Waals surface area (Å²) in [5.41, 5.74) is 3.71. The molecule has 0 aliphatic carbocycles. The Hall–Kier alpha value is -1.34.